The summed E-state index contributed by atoms with van der Waals surface area (Å²) < 4.78 is 27.6. The molecule has 1 aromatic heterocycles. The Morgan fingerprint density at radius 1 is 0.846 bits per heavy atom. The molecule has 0 unspecified atom stereocenters. The first kappa shape index (κ1) is 17.8. The van der Waals surface area contributed by atoms with Crippen LogP contribution < -0.4 is 6.15 Å². The lowest BCUT2D eigenvalue weighted by Crippen LogP contribution is -1.89. The first-order chi connectivity index (χ1) is 12.2. The van der Waals surface area contributed by atoms with Crippen LogP contribution in [0.15, 0.2) is 66.7 Å². The summed E-state index contributed by atoms with van der Waals surface area (Å²) in [6.07, 6.45) is 0. The molecule has 0 radical (unpaired) electrons. The summed E-state index contributed by atoms with van der Waals surface area (Å²) in [4.78, 5) is 3.30. The molecule has 3 aromatic carbocycles. The van der Waals surface area contributed by atoms with Crippen molar-refractivity contribution in [2.75, 3.05) is 0 Å². The van der Waals surface area contributed by atoms with Gasteiger partial charge in [0.2, 0.25) is 0 Å². The molecule has 1 heterocycles. The van der Waals surface area contributed by atoms with Crippen LogP contribution in [0.2, 0.25) is 0 Å². The van der Waals surface area contributed by atoms with Crippen molar-refractivity contribution < 1.29 is 13.9 Å². The number of aliphatic hydroxyl groups excluding tert-OH is 1. The molecule has 0 aliphatic heterocycles. The van der Waals surface area contributed by atoms with Gasteiger partial charge >= 0.3 is 0 Å². The molecule has 5 heteroatoms. The first-order valence-electron chi connectivity index (χ1n) is 7.93. The molecule has 0 amide bonds. The second-order valence-corrected chi connectivity index (χ2v) is 5.93. The van der Waals surface area contributed by atoms with Crippen molar-refractivity contribution in [1.29, 1.82) is 0 Å². The average molecular weight is 352 g/mol. The molecule has 4 aromatic rings. The SMILES string of the molecule is N.OCc1ccc(-c2cccc3[nH]c(-c4ccc(F)cc4)cc23)c(F)c1. The van der Waals surface area contributed by atoms with E-state index in [2.05, 4.69) is 4.98 Å². The Hall–Kier alpha value is -3.02. The van der Waals surface area contributed by atoms with E-state index in [1.807, 2.05) is 24.3 Å². The van der Waals surface area contributed by atoms with E-state index in [1.165, 1.54) is 18.2 Å². The van der Waals surface area contributed by atoms with E-state index in [1.54, 1.807) is 24.3 Å². The molecule has 5 N–H and O–H groups in total. The molecule has 0 saturated heterocycles. The highest BCUT2D eigenvalue weighted by atomic mass is 19.1. The minimum Gasteiger partial charge on any atom is -0.392 e. The zero-order valence-electron chi connectivity index (χ0n) is 14.0. The summed E-state index contributed by atoms with van der Waals surface area (Å²) in [5.74, 6) is -0.657. The van der Waals surface area contributed by atoms with Crippen LogP contribution in [0.25, 0.3) is 33.3 Å². The van der Waals surface area contributed by atoms with Crippen LogP contribution >= 0.6 is 0 Å². The van der Waals surface area contributed by atoms with E-state index < -0.39 is 0 Å². The monoisotopic (exact) mass is 352 g/mol. The predicted octanol–water partition coefficient (Wildman–Crippen LogP) is 5.43. The van der Waals surface area contributed by atoms with Gasteiger partial charge in [0.05, 0.1) is 6.61 Å². The zero-order chi connectivity index (χ0) is 17.4. The normalized spacial score (nSPS) is 10.7. The van der Waals surface area contributed by atoms with Crippen molar-refractivity contribution in [3.05, 3.63) is 83.9 Å². The lowest BCUT2D eigenvalue weighted by molar-refractivity contribution is 0.281. The van der Waals surface area contributed by atoms with E-state index in [-0.39, 0.29) is 24.4 Å². The number of aromatic amines is 1. The topological polar surface area (TPSA) is 71.0 Å². The third kappa shape index (κ3) is 3.10. The third-order valence-electron chi connectivity index (χ3n) is 4.33. The number of fused-ring (bicyclic) bond motifs is 1. The number of hydrogen-bond donors (Lipinski definition) is 3. The number of H-pyrrole nitrogens is 1. The van der Waals surface area contributed by atoms with E-state index >= 15 is 0 Å². The maximum Gasteiger partial charge on any atom is 0.131 e. The molecule has 0 fully saturated rings. The van der Waals surface area contributed by atoms with Gasteiger partial charge in [0, 0.05) is 22.2 Å². The summed E-state index contributed by atoms with van der Waals surface area (Å²) in [7, 11) is 0. The number of aliphatic hydroxyl groups is 1. The Labute approximate surface area is 149 Å². The standard InChI is InChI=1S/C21H15F2NO.H3N/c22-15-7-5-14(6-8-15)21-11-18-16(2-1-3-20(18)24-21)17-9-4-13(12-25)10-19(17)23;/h1-11,24-25H,12H2;1H3. The Morgan fingerprint density at radius 3 is 2.31 bits per heavy atom. The van der Waals surface area contributed by atoms with Crippen LogP contribution in [-0.2, 0) is 6.61 Å². The first-order valence-corrected chi connectivity index (χ1v) is 7.93. The number of halogens is 2. The van der Waals surface area contributed by atoms with E-state index in [0.29, 0.717) is 11.1 Å². The molecule has 0 spiro atoms. The van der Waals surface area contributed by atoms with Gasteiger partial charge in [-0.15, -0.1) is 0 Å². The van der Waals surface area contributed by atoms with Gasteiger partial charge in [-0.3, -0.25) is 0 Å². The van der Waals surface area contributed by atoms with Gasteiger partial charge in [0.1, 0.15) is 11.6 Å². The molecule has 4 rings (SSSR count). The molecule has 0 bridgehead atoms. The zero-order valence-corrected chi connectivity index (χ0v) is 14.0. The van der Waals surface area contributed by atoms with Crippen molar-refractivity contribution >= 4 is 10.9 Å². The highest BCUT2D eigenvalue weighted by Crippen LogP contribution is 2.33. The minimum absolute atomic E-state index is 0. The fourth-order valence-electron chi connectivity index (χ4n) is 3.05. The summed E-state index contributed by atoms with van der Waals surface area (Å²) in [5, 5.41) is 10.0. The largest absolute Gasteiger partial charge is 0.392 e. The molecular formula is C21H18F2N2O. The van der Waals surface area contributed by atoms with E-state index in [0.717, 1.165) is 27.7 Å². The third-order valence-corrected chi connectivity index (χ3v) is 4.33. The number of rotatable bonds is 3. The quantitative estimate of drug-likeness (QED) is 0.460. The lowest BCUT2D eigenvalue weighted by atomic mass is 9.99. The molecule has 0 atom stereocenters. The fourth-order valence-corrected chi connectivity index (χ4v) is 3.05. The summed E-state index contributed by atoms with van der Waals surface area (Å²) in [6, 6.07) is 18.6. The van der Waals surface area contributed by atoms with E-state index in [9.17, 15) is 8.78 Å². The second-order valence-electron chi connectivity index (χ2n) is 5.93. The van der Waals surface area contributed by atoms with Crippen LogP contribution in [-0.4, -0.2) is 10.1 Å². The smallest absolute Gasteiger partial charge is 0.131 e. The molecule has 0 saturated carbocycles. The van der Waals surface area contributed by atoms with Crippen molar-refractivity contribution in [3.63, 3.8) is 0 Å². The Balaban J connectivity index is 0.00000196. The maximum atomic E-state index is 14.5. The van der Waals surface area contributed by atoms with Crippen molar-refractivity contribution in [2.45, 2.75) is 6.61 Å². The van der Waals surface area contributed by atoms with Crippen LogP contribution in [0.3, 0.4) is 0 Å². The number of aromatic nitrogens is 1. The van der Waals surface area contributed by atoms with Gasteiger partial charge in [0.25, 0.3) is 0 Å². The van der Waals surface area contributed by atoms with Crippen molar-refractivity contribution in [2.24, 2.45) is 0 Å². The second kappa shape index (κ2) is 7.07. The van der Waals surface area contributed by atoms with Crippen molar-refractivity contribution in [1.82, 2.24) is 11.1 Å². The summed E-state index contributed by atoms with van der Waals surface area (Å²) in [6.45, 7) is -0.194. The van der Waals surface area contributed by atoms with Crippen LogP contribution in [0.4, 0.5) is 8.78 Å². The molecular weight excluding hydrogens is 334 g/mol. The fraction of sp³-hybridized carbons (Fsp3) is 0.0476. The molecule has 0 aliphatic carbocycles. The van der Waals surface area contributed by atoms with Crippen molar-refractivity contribution in [3.8, 4) is 22.4 Å². The van der Waals surface area contributed by atoms with Crippen LogP contribution in [0, 0.1) is 11.6 Å². The summed E-state index contributed by atoms with van der Waals surface area (Å²) in [5.41, 5.74) is 4.36. The number of nitrogens with one attached hydrogen (secondary N) is 1. The lowest BCUT2D eigenvalue weighted by Gasteiger charge is -2.06. The van der Waals surface area contributed by atoms with Crippen LogP contribution in [0.5, 0.6) is 0 Å². The van der Waals surface area contributed by atoms with E-state index in [4.69, 9.17) is 5.11 Å². The Kier molecular flexibility index (Phi) is 4.84. The van der Waals surface area contributed by atoms with Gasteiger partial charge in [0.15, 0.2) is 0 Å². The molecule has 3 nitrogen and oxygen atoms in total. The van der Waals surface area contributed by atoms with Gasteiger partial charge in [-0.2, -0.15) is 0 Å². The molecule has 26 heavy (non-hydrogen) atoms. The number of benzene rings is 3. The Bertz CT molecular complexity index is 1060. The predicted molar refractivity (Wildman–Crippen MR) is 100 cm³/mol. The van der Waals surface area contributed by atoms with Gasteiger partial charge in [-0.05, 0) is 59.2 Å². The number of hydrogen-bond acceptors (Lipinski definition) is 2. The average Bonchev–Trinajstić information content (AvgIpc) is 3.06. The molecule has 0 aliphatic rings. The van der Waals surface area contributed by atoms with Gasteiger partial charge < -0.3 is 16.2 Å². The van der Waals surface area contributed by atoms with Gasteiger partial charge in [-0.1, -0.05) is 24.3 Å². The summed E-state index contributed by atoms with van der Waals surface area (Å²) >= 11 is 0. The maximum absolute atomic E-state index is 14.5. The minimum atomic E-state index is -0.372. The van der Waals surface area contributed by atoms with Crippen LogP contribution in [0.1, 0.15) is 5.56 Å². The highest BCUT2D eigenvalue weighted by Gasteiger charge is 2.12. The Morgan fingerprint density at radius 2 is 1.62 bits per heavy atom. The highest BCUT2D eigenvalue weighted by molar-refractivity contribution is 5.98. The van der Waals surface area contributed by atoms with Gasteiger partial charge in [-0.25, -0.2) is 8.78 Å². The molecule has 132 valence electrons.